The topological polar surface area (TPSA) is 42.0 Å². The van der Waals surface area contributed by atoms with Gasteiger partial charge in [-0.15, -0.1) is 23.1 Å². The molecule has 2 aliphatic rings. The number of carbonyl (C=O) groups is 1. The molecule has 1 N–H and O–H groups in total. The van der Waals surface area contributed by atoms with Gasteiger partial charge in [0.1, 0.15) is 10.4 Å². The lowest BCUT2D eigenvalue weighted by Gasteiger charge is -2.26. The maximum atomic E-state index is 12.2. The van der Waals surface area contributed by atoms with E-state index in [2.05, 4.69) is 50.4 Å². The Hall–Kier alpha value is -0.910. The summed E-state index contributed by atoms with van der Waals surface area (Å²) in [6, 6.07) is -0.0426. The number of thioether (sulfide) groups is 1. The molecule has 3 atom stereocenters. The molecule has 2 heterocycles. The summed E-state index contributed by atoms with van der Waals surface area (Å²) in [6.45, 7) is 10.7. The molecule has 1 aliphatic carbocycles. The van der Waals surface area contributed by atoms with Crippen LogP contribution in [0.4, 0.5) is 0 Å². The maximum absolute atomic E-state index is 12.2. The van der Waals surface area contributed by atoms with Gasteiger partial charge in [-0.1, -0.05) is 46.8 Å². The molecular formula is C19H26N2OS2. The zero-order chi connectivity index (χ0) is 17.5. The summed E-state index contributed by atoms with van der Waals surface area (Å²) < 4.78 is 0. The first-order valence-electron chi connectivity index (χ1n) is 8.61. The molecule has 24 heavy (non-hydrogen) atoms. The van der Waals surface area contributed by atoms with Crippen LogP contribution in [0.25, 0.3) is 12.2 Å². The molecule has 130 valence electrons. The number of ketones is 1. The second kappa shape index (κ2) is 6.77. The third-order valence-corrected chi connectivity index (χ3v) is 7.52. The predicted octanol–water partition coefficient (Wildman–Crippen LogP) is 4.77. The van der Waals surface area contributed by atoms with E-state index in [4.69, 9.17) is 4.98 Å². The van der Waals surface area contributed by atoms with Crippen LogP contribution in [0.15, 0.2) is 12.2 Å². The smallest absolute Gasteiger partial charge is 0.153 e. The number of Topliss-reactive ketones (excluding diaryl/α,β-unsaturated/α-hetero) is 1. The molecule has 3 unspecified atom stereocenters. The van der Waals surface area contributed by atoms with Crippen LogP contribution in [0.1, 0.15) is 55.6 Å². The molecular weight excluding hydrogens is 336 g/mol. The average Bonchev–Trinajstić information content (AvgIpc) is 3.13. The summed E-state index contributed by atoms with van der Waals surface area (Å²) in [4.78, 5) is 18.2. The molecule has 1 aromatic heterocycles. The number of fused-ring (bicyclic) bond motifs is 1. The van der Waals surface area contributed by atoms with E-state index in [9.17, 15) is 4.79 Å². The van der Waals surface area contributed by atoms with Crippen LogP contribution in [-0.2, 0) is 4.79 Å². The van der Waals surface area contributed by atoms with E-state index in [-0.39, 0.29) is 22.7 Å². The summed E-state index contributed by atoms with van der Waals surface area (Å²) >= 11 is 3.53. The number of thiazole rings is 1. The highest BCUT2D eigenvalue weighted by Crippen LogP contribution is 2.40. The Morgan fingerprint density at radius 2 is 2.00 bits per heavy atom. The Balaban J connectivity index is 1.77. The highest BCUT2D eigenvalue weighted by atomic mass is 32.2. The van der Waals surface area contributed by atoms with Crippen LogP contribution >= 0.6 is 23.1 Å². The summed E-state index contributed by atoms with van der Waals surface area (Å²) in [6.07, 6.45) is 8.94. The second-order valence-electron chi connectivity index (χ2n) is 7.48. The summed E-state index contributed by atoms with van der Waals surface area (Å²) in [5, 5.41) is 4.67. The molecule has 1 fully saturated rings. The summed E-state index contributed by atoms with van der Waals surface area (Å²) in [7, 11) is 0. The molecule has 0 bridgehead atoms. The van der Waals surface area contributed by atoms with Crippen molar-refractivity contribution < 1.29 is 4.79 Å². The van der Waals surface area contributed by atoms with Crippen molar-refractivity contribution in [3.8, 4) is 0 Å². The number of hydrogen-bond donors (Lipinski definition) is 1. The molecule has 0 radical (unpaired) electrons. The van der Waals surface area contributed by atoms with Gasteiger partial charge in [0, 0.05) is 17.1 Å². The summed E-state index contributed by atoms with van der Waals surface area (Å²) in [5.74, 6) is 1.77. The summed E-state index contributed by atoms with van der Waals surface area (Å²) in [5.41, 5.74) is 1.13. The average molecular weight is 363 g/mol. The van der Waals surface area contributed by atoms with E-state index in [0.29, 0.717) is 11.7 Å². The van der Waals surface area contributed by atoms with Crippen LogP contribution in [-0.4, -0.2) is 22.6 Å². The van der Waals surface area contributed by atoms with Crippen LogP contribution in [0.2, 0.25) is 0 Å². The lowest BCUT2D eigenvalue weighted by molar-refractivity contribution is -0.123. The van der Waals surface area contributed by atoms with Crippen molar-refractivity contribution in [1.82, 2.24) is 10.3 Å². The van der Waals surface area contributed by atoms with Gasteiger partial charge in [-0.25, -0.2) is 4.98 Å². The first-order valence-corrected chi connectivity index (χ1v) is 10.5. The molecule has 3 nitrogen and oxygen atoms in total. The Labute approximate surface area is 153 Å². The van der Waals surface area contributed by atoms with E-state index in [1.54, 1.807) is 23.1 Å². The van der Waals surface area contributed by atoms with E-state index in [0.717, 1.165) is 16.5 Å². The third-order valence-electron chi connectivity index (χ3n) is 5.05. The lowest BCUT2D eigenvalue weighted by Crippen LogP contribution is -2.36. The number of carbonyl (C=O) groups excluding carboxylic acids is 1. The molecule has 1 saturated heterocycles. The number of aromatic nitrogens is 1. The molecule has 0 saturated carbocycles. The van der Waals surface area contributed by atoms with Gasteiger partial charge >= 0.3 is 0 Å². The minimum Gasteiger partial charge on any atom is -0.298 e. The van der Waals surface area contributed by atoms with Gasteiger partial charge in [-0.3, -0.25) is 10.1 Å². The number of hydrogen-bond acceptors (Lipinski definition) is 5. The molecule has 5 heteroatoms. The predicted molar refractivity (Wildman–Crippen MR) is 105 cm³/mol. The fraction of sp³-hybridized carbons (Fsp3) is 0.579. The van der Waals surface area contributed by atoms with E-state index < -0.39 is 0 Å². The van der Waals surface area contributed by atoms with E-state index >= 15 is 0 Å². The number of nitrogens with zero attached hydrogens (tertiary/aromatic N) is 1. The highest BCUT2D eigenvalue weighted by Gasteiger charge is 2.33. The van der Waals surface area contributed by atoms with Gasteiger partial charge in [0.25, 0.3) is 0 Å². The SMILES string of the molecule is CC(C)C(=O)C1CSC(c2nc3c(s2)C=CC(C)(C(C)C)C=C3)N1. The monoisotopic (exact) mass is 362 g/mol. The fourth-order valence-corrected chi connectivity index (χ4v) is 5.20. The van der Waals surface area contributed by atoms with Crippen molar-refractivity contribution in [2.24, 2.45) is 17.3 Å². The Bertz CT molecular complexity index is 656. The maximum Gasteiger partial charge on any atom is 0.153 e. The van der Waals surface area contributed by atoms with E-state index in [1.165, 1.54) is 4.88 Å². The standard InChI is InChI=1S/C19H26N2OS2/c1-11(2)16(22)14-10-23-17(21-14)18-20-13-6-8-19(5,12(3)4)9-7-15(13)24-18/h6-9,11-12,14,17,21H,10H2,1-5H3. The Morgan fingerprint density at radius 3 is 2.67 bits per heavy atom. The zero-order valence-corrected chi connectivity index (χ0v) is 16.6. The van der Waals surface area contributed by atoms with Crippen molar-refractivity contribution >= 4 is 41.0 Å². The van der Waals surface area contributed by atoms with Crippen LogP contribution in [0.3, 0.4) is 0 Å². The molecule has 0 amide bonds. The minimum atomic E-state index is -0.0426. The first-order chi connectivity index (χ1) is 11.3. The van der Waals surface area contributed by atoms with Crippen LogP contribution < -0.4 is 5.32 Å². The molecule has 3 rings (SSSR count). The van der Waals surface area contributed by atoms with Gasteiger partial charge < -0.3 is 0 Å². The normalized spacial score (nSPS) is 29.3. The van der Waals surface area contributed by atoms with Crippen molar-refractivity contribution in [2.45, 2.75) is 46.0 Å². The Morgan fingerprint density at radius 1 is 1.29 bits per heavy atom. The van der Waals surface area contributed by atoms with Crippen molar-refractivity contribution in [2.75, 3.05) is 5.75 Å². The molecule has 0 spiro atoms. The van der Waals surface area contributed by atoms with E-state index in [1.807, 2.05) is 13.8 Å². The highest BCUT2D eigenvalue weighted by molar-refractivity contribution is 7.99. The van der Waals surface area contributed by atoms with Gasteiger partial charge in [-0.2, -0.15) is 0 Å². The molecule has 1 aliphatic heterocycles. The van der Waals surface area contributed by atoms with Gasteiger partial charge in [0.05, 0.1) is 16.6 Å². The van der Waals surface area contributed by atoms with Gasteiger partial charge in [-0.05, 0) is 18.1 Å². The molecule has 1 aromatic rings. The van der Waals surface area contributed by atoms with Crippen LogP contribution in [0.5, 0.6) is 0 Å². The zero-order valence-electron chi connectivity index (χ0n) is 15.0. The molecule has 0 aromatic carbocycles. The number of allylic oxidation sites excluding steroid dienone is 2. The largest absolute Gasteiger partial charge is 0.298 e. The first kappa shape index (κ1) is 17.9. The number of rotatable bonds is 4. The second-order valence-corrected chi connectivity index (χ2v) is 9.68. The quantitative estimate of drug-likeness (QED) is 0.837. The van der Waals surface area contributed by atoms with Crippen LogP contribution in [0, 0.1) is 17.3 Å². The van der Waals surface area contributed by atoms with Gasteiger partial charge in [0.2, 0.25) is 0 Å². The van der Waals surface area contributed by atoms with Crippen molar-refractivity contribution in [1.29, 1.82) is 0 Å². The number of nitrogens with one attached hydrogen (secondary N) is 1. The van der Waals surface area contributed by atoms with Crippen molar-refractivity contribution in [3.05, 3.63) is 27.7 Å². The fourth-order valence-electron chi connectivity index (χ4n) is 2.85. The van der Waals surface area contributed by atoms with Crippen molar-refractivity contribution in [3.63, 3.8) is 0 Å². The minimum absolute atomic E-state index is 0.0426. The third kappa shape index (κ3) is 3.39. The lowest BCUT2D eigenvalue weighted by atomic mass is 9.79. The Kier molecular flexibility index (Phi) is 5.05. The van der Waals surface area contributed by atoms with Gasteiger partial charge in [0.15, 0.2) is 5.78 Å².